The SMILES string of the molecule is CNS(=O)CCc1ccc(N)c(C)c1. The number of anilines is 1. The van der Waals surface area contributed by atoms with Crippen molar-refractivity contribution in [1.29, 1.82) is 0 Å². The van der Waals surface area contributed by atoms with Gasteiger partial charge in [-0.05, 0) is 37.6 Å². The van der Waals surface area contributed by atoms with Gasteiger partial charge in [0.25, 0.3) is 0 Å². The van der Waals surface area contributed by atoms with Gasteiger partial charge in [0.05, 0.1) is 11.0 Å². The predicted octanol–water partition coefficient (Wildman–Crippen LogP) is 1.00. The summed E-state index contributed by atoms with van der Waals surface area (Å²) < 4.78 is 13.8. The normalized spacial score (nSPS) is 12.7. The van der Waals surface area contributed by atoms with Gasteiger partial charge in [0.15, 0.2) is 0 Å². The van der Waals surface area contributed by atoms with Crippen molar-refractivity contribution in [2.45, 2.75) is 13.3 Å². The minimum Gasteiger partial charge on any atom is -0.399 e. The number of hydrogen-bond acceptors (Lipinski definition) is 2. The number of aryl methyl sites for hydroxylation is 2. The van der Waals surface area contributed by atoms with Crippen LogP contribution < -0.4 is 10.5 Å². The molecule has 0 saturated carbocycles. The highest BCUT2D eigenvalue weighted by Crippen LogP contribution is 2.12. The number of benzene rings is 1. The average molecular weight is 212 g/mol. The van der Waals surface area contributed by atoms with E-state index in [1.807, 2.05) is 25.1 Å². The zero-order valence-electron chi connectivity index (χ0n) is 8.54. The third-order valence-electron chi connectivity index (χ3n) is 2.14. The largest absolute Gasteiger partial charge is 0.399 e. The lowest BCUT2D eigenvalue weighted by molar-refractivity contribution is 0.677. The van der Waals surface area contributed by atoms with Crippen molar-refractivity contribution in [3.8, 4) is 0 Å². The molecule has 0 aliphatic heterocycles. The van der Waals surface area contributed by atoms with E-state index in [1.54, 1.807) is 7.05 Å². The van der Waals surface area contributed by atoms with Crippen LogP contribution in [-0.4, -0.2) is 17.0 Å². The molecule has 1 aromatic rings. The van der Waals surface area contributed by atoms with Crippen LogP contribution in [0.4, 0.5) is 5.69 Å². The van der Waals surface area contributed by atoms with E-state index in [0.29, 0.717) is 5.75 Å². The van der Waals surface area contributed by atoms with Crippen LogP contribution >= 0.6 is 0 Å². The maximum Gasteiger partial charge on any atom is 0.0916 e. The molecule has 14 heavy (non-hydrogen) atoms. The summed E-state index contributed by atoms with van der Waals surface area (Å²) in [6.45, 7) is 1.98. The highest BCUT2D eigenvalue weighted by Gasteiger charge is 1.99. The minimum atomic E-state index is -0.921. The second kappa shape index (κ2) is 5.12. The summed E-state index contributed by atoms with van der Waals surface area (Å²) in [7, 11) is 0.778. The van der Waals surface area contributed by atoms with Crippen molar-refractivity contribution in [2.75, 3.05) is 18.5 Å². The Morgan fingerprint density at radius 2 is 2.21 bits per heavy atom. The van der Waals surface area contributed by atoms with Crippen molar-refractivity contribution in [3.05, 3.63) is 29.3 Å². The molecule has 3 nitrogen and oxygen atoms in total. The maximum absolute atomic E-state index is 11.1. The lowest BCUT2D eigenvalue weighted by Gasteiger charge is -2.04. The summed E-state index contributed by atoms with van der Waals surface area (Å²) >= 11 is 0. The topological polar surface area (TPSA) is 55.1 Å². The van der Waals surface area contributed by atoms with E-state index >= 15 is 0 Å². The van der Waals surface area contributed by atoms with Crippen LogP contribution in [0.15, 0.2) is 18.2 Å². The lowest BCUT2D eigenvalue weighted by atomic mass is 10.1. The second-order valence-corrected chi connectivity index (χ2v) is 4.70. The maximum atomic E-state index is 11.1. The molecule has 0 aliphatic rings. The van der Waals surface area contributed by atoms with Crippen LogP contribution in [0.3, 0.4) is 0 Å². The zero-order chi connectivity index (χ0) is 10.6. The molecular weight excluding hydrogens is 196 g/mol. The summed E-state index contributed by atoms with van der Waals surface area (Å²) in [5, 5.41) is 0. The van der Waals surface area contributed by atoms with Gasteiger partial charge in [0.1, 0.15) is 0 Å². The number of nitrogens with one attached hydrogen (secondary N) is 1. The van der Waals surface area contributed by atoms with Gasteiger partial charge >= 0.3 is 0 Å². The van der Waals surface area contributed by atoms with Gasteiger partial charge < -0.3 is 5.73 Å². The van der Waals surface area contributed by atoms with Crippen LogP contribution in [0, 0.1) is 6.92 Å². The smallest absolute Gasteiger partial charge is 0.0916 e. The number of rotatable bonds is 4. The summed E-state index contributed by atoms with van der Waals surface area (Å²) in [5.41, 5.74) is 8.77. The molecule has 1 aromatic carbocycles. The summed E-state index contributed by atoms with van der Waals surface area (Å²) in [5.74, 6) is 0.639. The molecule has 1 unspecified atom stereocenters. The van der Waals surface area contributed by atoms with Crippen LogP contribution in [0.25, 0.3) is 0 Å². The first-order valence-corrected chi connectivity index (χ1v) is 5.86. The lowest BCUT2D eigenvalue weighted by Crippen LogP contribution is -2.15. The van der Waals surface area contributed by atoms with Gasteiger partial charge in [-0.3, -0.25) is 0 Å². The Kier molecular flexibility index (Phi) is 4.10. The van der Waals surface area contributed by atoms with E-state index in [4.69, 9.17) is 5.73 Å². The Morgan fingerprint density at radius 3 is 2.79 bits per heavy atom. The van der Waals surface area contributed by atoms with Gasteiger partial charge in [-0.2, -0.15) is 0 Å². The van der Waals surface area contributed by atoms with E-state index in [-0.39, 0.29) is 0 Å². The molecule has 3 N–H and O–H groups in total. The Hall–Kier alpha value is -0.870. The van der Waals surface area contributed by atoms with E-state index in [9.17, 15) is 4.21 Å². The molecular formula is C10H16N2OS. The Balaban J connectivity index is 2.60. The summed E-state index contributed by atoms with van der Waals surface area (Å²) in [6.07, 6.45) is 0.814. The molecule has 0 amide bonds. The predicted molar refractivity (Wildman–Crippen MR) is 61.4 cm³/mol. The summed E-state index contributed by atoms with van der Waals surface area (Å²) in [6, 6.07) is 5.92. The fourth-order valence-corrected chi connectivity index (χ4v) is 1.83. The number of hydrogen-bond donors (Lipinski definition) is 2. The van der Waals surface area contributed by atoms with Crippen molar-refractivity contribution in [2.24, 2.45) is 0 Å². The fraction of sp³-hybridized carbons (Fsp3) is 0.400. The van der Waals surface area contributed by atoms with Gasteiger partial charge in [-0.25, -0.2) is 8.93 Å². The fourth-order valence-electron chi connectivity index (χ4n) is 1.21. The third-order valence-corrected chi connectivity index (χ3v) is 3.17. The molecule has 0 aliphatic carbocycles. The van der Waals surface area contributed by atoms with E-state index in [0.717, 1.165) is 17.7 Å². The van der Waals surface area contributed by atoms with E-state index in [2.05, 4.69) is 4.72 Å². The molecule has 1 atom stereocenters. The number of nitrogen functional groups attached to an aromatic ring is 1. The molecule has 0 radical (unpaired) electrons. The second-order valence-electron chi connectivity index (χ2n) is 3.19. The minimum absolute atomic E-state index is 0.639. The molecule has 0 aromatic heterocycles. The molecule has 78 valence electrons. The van der Waals surface area contributed by atoms with Gasteiger partial charge in [0.2, 0.25) is 0 Å². The first-order chi connectivity index (χ1) is 6.63. The first-order valence-electron chi connectivity index (χ1n) is 4.54. The van der Waals surface area contributed by atoms with Crippen LogP contribution in [0.2, 0.25) is 0 Å². The zero-order valence-corrected chi connectivity index (χ0v) is 9.36. The van der Waals surface area contributed by atoms with Crippen LogP contribution in [0.5, 0.6) is 0 Å². The standard InChI is InChI=1S/C10H16N2OS/c1-8-7-9(3-4-10(8)11)5-6-14(13)12-2/h3-4,7,12H,5-6,11H2,1-2H3. The van der Waals surface area contributed by atoms with Crippen LogP contribution in [-0.2, 0) is 17.4 Å². The Bertz CT molecular complexity index is 339. The monoisotopic (exact) mass is 212 g/mol. The third kappa shape index (κ3) is 3.12. The Labute approximate surface area is 87.3 Å². The Morgan fingerprint density at radius 1 is 1.50 bits per heavy atom. The quantitative estimate of drug-likeness (QED) is 0.732. The van der Waals surface area contributed by atoms with Crippen molar-refractivity contribution < 1.29 is 4.21 Å². The molecule has 0 fully saturated rings. The van der Waals surface area contributed by atoms with E-state index in [1.165, 1.54) is 5.56 Å². The first kappa shape index (κ1) is 11.2. The highest BCUT2D eigenvalue weighted by molar-refractivity contribution is 7.82. The van der Waals surface area contributed by atoms with Crippen molar-refractivity contribution in [1.82, 2.24) is 4.72 Å². The summed E-state index contributed by atoms with van der Waals surface area (Å²) in [4.78, 5) is 0. The van der Waals surface area contributed by atoms with Crippen molar-refractivity contribution in [3.63, 3.8) is 0 Å². The van der Waals surface area contributed by atoms with Crippen molar-refractivity contribution >= 4 is 16.7 Å². The van der Waals surface area contributed by atoms with E-state index < -0.39 is 11.0 Å². The van der Waals surface area contributed by atoms with Gasteiger partial charge in [0, 0.05) is 11.4 Å². The highest BCUT2D eigenvalue weighted by atomic mass is 32.2. The molecule has 1 rings (SSSR count). The van der Waals surface area contributed by atoms with Crippen LogP contribution in [0.1, 0.15) is 11.1 Å². The molecule has 0 heterocycles. The molecule has 0 bridgehead atoms. The van der Waals surface area contributed by atoms with Gasteiger partial charge in [-0.15, -0.1) is 0 Å². The molecule has 4 heteroatoms. The number of nitrogens with two attached hydrogens (primary N) is 1. The van der Waals surface area contributed by atoms with Gasteiger partial charge in [-0.1, -0.05) is 12.1 Å². The molecule has 0 spiro atoms. The molecule has 0 saturated heterocycles. The average Bonchev–Trinajstić information content (AvgIpc) is 2.19.